The number of rotatable bonds is 3. The molecule has 0 aliphatic carbocycles. The van der Waals surface area contributed by atoms with Crippen LogP contribution in [-0.4, -0.2) is 22.0 Å². The second kappa shape index (κ2) is 6.16. The first-order valence-corrected chi connectivity index (χ1v) is 7.42. The molecule has 1 amide bonds. The number of aliphatic hydroxyl groups is 1. The zero-order valence-electron chi connectivity index (χ0n) is 11.4. The molecule has 108 valence electrons. The van der Waals surface area contributed by atoms with E-state index in [-0.39, 0.29) is 11.6 Å². The second-order valence-corrected chi connectivity index (χ2v) is 6.33. The molecular weight excluding hydrogens is 306 g/mol. The fourth-order valence-electron chi connectivity index (χ4n) is 1.96. The van der Waals surface area contributed by atoms with Crippen LogP contribution in [0.3, 0.4) is 0 Å². The molecule has 0 radical (unpaired) electrons. The van der Waals surface area contributed by atoms with Gasteiger partial charge in [0, 0.05) is 11.7 Å². The number of thiazole rings is 1. The lowest BCUT2D eigenvalue weighted by Crippen LogP contribution is -2.37. The van der Waals surface area contributed by atoms with Crippen LogP contribution in [-0.2, 0) is 4.79 Å². The Morgan fingerprint density at radius 2 is 2.29 bits per heavy atom. The molecule has 1 aromatic carbocycles. The van der Waals surface area contributed by atoms with Crippen LogP contribution in [0.15, 0.2) is 34.4 Å². The van der Waals surface area contributed by atoms with E-state index in [1.54, 1.807) is 18.2 Å². The molecule has 2 aromatic rings. The van der Waals surface area contributed by atoms with Gasteiger partial charge in [0.15, 0.2) is 5.57 Å². The molecule has 0 unspecified atom stereocenters. The minimum absolute atomic E-state index is 0.165. The maximum absolute atomic E-state index is 12.3. The summed E-state index contributed by atoms with van der Waals surface area (Å²) in [6, 6.07) is 6.93. The van der Waals surface area contributed by atoms with Crippen LogP contribution in [0, 0.1) is 11.3 Å². The number of aromatic nitrogens is 1. The highest BCUT2D eigenvalue weighted by molar-refractivity contribution is 7.82. The number of benzene rings is 1. The summed E-state index contributed by atoms with van der Waals surface area (Å²) in [5.74, 6) is -0.537. The molecule has 0 spiro atoms. The van der Waals surface area contributed by atoms with Crippen molar-refractivity contribution in [2.75, 3.05) is 4.90 Å². The average Bonchev–Trinajstić information content (AvgIpc) is 2.79. The summed E-state index contributed by atoms with van der Waals surface area (Å²) in [4.78, 5) is 18.0. The zero-order chi connectivity index (χ0) is 15.6. The number of fused-ring (bicyclic) bond motifs is 1. The lowest BCUT2D eigenvalue weighted by atomic mass is 10.2. The van der Waals surface area contributed by atoms with Crippen molar-refractivity contribution in [3.05, 3.63) is 30.0 Å². The first-order valence-electron chi connectivity index (χ1n) is 6.15. The molecule has 0 saturated heterocycles. The average molecular weight is 319 g/mol. The number of aliphatic hydroxyl groups excluding tert-OH is 1. The van der Waals surface area contributed by atoms with Gasteiger partial charge in [-0.1, -0.05) is 0 Å². The van der Waals surface area contributed by atoms with Crippen LogP contribution in [0.5, 0.6) is 0 Å². The third-order valence-electron chi connectivity index (χ3n) is 2.85. The predicted octanol–water partition coefficient (Wildman–Crippen LogP) is 3.29. The van der Waals surface area contributed by atoms with Crippen molar-refractivity contribution in [3.63, 3.8) is 0 Å². The Morgan fingerprint density at radius 3 is 2.86 bits per heavy atom. The van der Waals surface area contributed by atoms with Crippen LogP contribution in [0.2, 0.25) is 0 Å². The number of anilines is 1. The molecule has 21 heavy (non-hydrogen) atoms. The molecule has 2 rings (SSSR count). The lowest BCUT2D eigenvalue weighted by Gasteiger charge is -2.26. The number of hydrogen-bond donors (Lipinski definition) is 2. The summed E-state index contributed by atoms with van der Waals surface area (Å²) in [5.41, 5.74) is 1.15. The van der Waals surface area contributed by atoms with E-state index in [9.17, 15) is 4.79 Å². The third-order valence-corrected chi connectivity index (χ3v) is 4.05. The summed E-state index contributed by atoms with van der Waals surface area (Å²) in [5, 5.41) is 17.9. The van der Waals surface area contributed by atoms with Gasteiger partial charge in [-0.2, -0.15) is 5.26 Å². The van der Waals surface area contributed by atoms with Gasteiger partial charge >= 0.3 is 0 Å². The summed E-state index contributed by atoms with van der Waals surface area (Å²) in [6.07, 6.45) is 0.536. The monoisotopic (exact) mass is 319 g/mol. The van der Waals surface area contributed by atoms with E-state index in [1.807, 2.05) is 19.9 Å². The molecule has 1 aromatic heterocycles. The first-order chi connectivity index (χ1) is 9.97. The summed E-state index contributed by atoms with van der Waals surface area (Å²) in [6.45, 7) is 3.68. The van der Waals surface area contributed by atoms with Crippen molar-refractivity contribution in [2.45, 2.75) is 24.2 Å². The number of amides is 1. The molecule has 0 bridgehead atoms. The van der Waals surface area contributed by atoms with E-state index < -0.39 is 5.91 Å². The number of carbonyl (C=O) groups excluding carboxylic acids is 1. The quantitative estimate of drug-likeness (QED) is 0.394. The summed E-state index contributed by atoms with van der Waals surface area (Å²) in [7, 11) is 0. The molecular formula is C14H13N3O2S2. The summed E-state index contributed by atoms with van der Waals surface area (Å²) >= 11 is 5.63. The van der Waals surface area contributed by atoms with Crippen LogP contribution in [0.25, 0.3) is 10.2 Å². The van der Waals surface area contributed by atoms with Crippen LogP contribution in [0.4, 0.5) is 5.69 Å². The van der Waals surface area contributed by atoms with Crippen molar-refractivity contribution >= 4 is 45.8 Å². The fourth-order valence-corrected chi connectivity index (χ4v) is 3.10. The standard InChI is InChI=1S/C14H13N3O2S2/c1-8(2)17(13(19)9(6-15)7-18)10-3-4-11-12(5-10)21-14(20)16-11/h3-5,7-8,18H,1-2H3,(H,16,20)/b9-7-. The second-order valence-electron chi connectivity index (χ2n) is 4.57. The van der Waals surface area contributed by atoms with Gasteiger partial charge in [-0.15, -0.1) is 24.0 Å². The predicted molar refractivity (Wildman–Crippen MR) is 85.8 cm³/mol. The van der Waals surface area contributed by atoms with E-state index >= 15 is 0 Å². The van der Waals surface area contributed by atoms with Gasteiger partial charge in [0.2, 0.25) is 0 Å². The molecule has 0 atom stereocenters. The zero-order valence-corrected chi connectivity index (χ0v) is 13.2. The number of nitriles is 1. The molecule has 1 N–H and O–H groups in total. The van der Waals surface area contributed by atoms with Gasteiger partial charge < -0.3 is 10.0 Å². The van der Waals surface area contributed by atoms with E-state index in [1.165, 1.54) is 16.2 Å². The van der Waals surface area contributed by atoms with Crippen LogP contribution < -0.4 is 4.90 Å². The topological polar surface area (TPSA) is 77.2 Å². The Morgan fingerprint density at radius 1 is 1.57 bits per heavy atom. The number of nitrogens with zero attached hydrogens (tertiary/aromatic N) is 3. The van der Waals surface area contributed by atoms with Crippen molar-refractivity contribution in [1.29, 1.82) is 5.26 Å². The highest BCUT2D eigenvalue weighted by Crippen LogP contribution is 2.30. The van der Waals surface area contributed by atoms with Crippen molar-refractivity contribution in [3.8, 4) is 6.07 Å². The number of hydrogen-bond acceptors (Lipinski definition) is 6. The number of carbonyl (C=O) groups is 1. The molecule has 0 aliphatic heterocycles. The highest BCUT2D eigenvalue weighted by Gasteiger charge is 2.23. The van der Waals surface area contributed by atoms with Gasteiger partial charge in [-0.3, -0.25) is 4.79 Å². The van der Waals surface area contributed by atoms with Crippen molar-refractivity contribution in [1.82, 2.24) is 4.98 Å². The lowest BCUT2D eigenvalue weighted by molar-refractivity contribution is -0.115. The Balaban J connectivity index is 2.50. The SMILES string of the molecule is CC(C)N(C(=O)/C(C#N)=C\O)c1ccc2nc(S)sc2c1. The molecule has 0 aliphatic rings. The van der Waals surface area contributed by atoms with Gasteiger partial charge in [0.05, 0.1) is 10.2 Å². The molecule has 0 saturated carbocycles. The minimum atomic E-state index is -0.537. The van der Waals surface area contributed by atoms with E-state index in [2.05, 4.69) is 17.6 Å². The van der Waals surface area contributed by atoms with Gasteiger partial charge in [-0.25, -0.2) is 4.98 Å². The third kappa shape index (κ3) is 3.01. The minimum Gasteiger partial charge on any atom is -0.514 e. The highest BCUT2D eigenvalue weighted by atomic mass is 32.2. The fraction of sp³-hybridized carbons (Fsp3) is 0.214. The molecule has 7 heteroatoms. The van der Waals surface area contributed by atoms with Gasteiger partial charge in [0.25, 0.3) is 5.91 Å². The molecule has 0 fully saturated rings. The molecule has 1 heterocycles. The van der Waals surface area contributed by atoms with E-state index in [0.29, 0.717) is 16.3 Å². The van der Waals surface area contributed by atoms with E-state index in [4.69, 9.17) is 10.4 Å². The Bertz CT molecular complexity index is 759. The first kappa shape index (κ1) is 15.4. The maximum atomic E-state index is 12.3. The van der Waals surface area contributed by atoms with Crippen molar-refractivity contribution < 1.29 is 9.90 Å². The number of thiol groups is 1. The van der Waals surface area contributed by atoms with Crippen LogP contribution >= 0.6 is 24.0 Å². The molecule has 5 nitrogen and oxygen atoms in total. The maximum Gasteiger partial charge on any atom is 0.272 e. The Kier molecular flexibility index (Phi) is 4.50. The summed E-state index contributed by atoms with van der Waals surface area (Å²) < 4.78 is 1.56. The van der Waals surface area contributed by atoms with Gasteiger partial charge in [0.1, 0.15) is 16.7 Å². The Hall–Kier alpha value is -2.04. The van der Waals surface area contributed by atoms with Crippen LogP contribution in [0.1, 0.15) is 13.8 Å². The normalized spacial score (nSPS) is 11.7. The Labute approximate surface area is 131 Å². The largest absolute Gasteiger partial charge is 0.514 e. The smallest absolute Gasteiger partial charge is 0.272 e. The van der Waals surface area contributed by atoms with Crippen molar-refractivity contribution in [2.24, 2.45) is 0 Å². The van der Waals surface area contributed by atoms with E-state index in [0.717, 1.165) is 10.2 Å². The van der Waals surface area contributed by atoms with Gasteiger partial charge in [-0.05, 0) is 32.0 Å².